The second-order valence-corrected chi connectivity index (χ2v) is 8.33. The van der Waals surface area contributed by atoms with Crippen LogP contribution >= 0.6 is 0 Å². The summed E-state index contributed by atoms with van der Waals surface area (Å²) in [5, 5.41) is 9.36. The van der Waals surface area contributed by atoms with Crippen LogP contribution < -0.4 is 10.2 Å². The highest BCUT2D eigenvalue weighted by molar-refractivity contribution is 6.00. The van der Waals surface area contributed by atoms with E-state index in [1.807, 2.05) is 11.7 Å². The number of aromatic nitrogens is 3. The van der Waals surface area contributed by atoms with Crippen LogP contribution in [0.15, 0.2) is 23.2 Å². The average Bonchev–Trinajstić information content (AvgIpc) is 3.24. The quantitative estimate of drug-likeness (QED) is 0.888. The smallest absolute Gasteiger partial charge is 0.160 e. The van der Waals surface area contributed by atoms with Crippen molar-refractivity contribution in [1.82, 2.24) is 20.1 Å². The lowest BCUT2D eigenvalue weighted by Crippen LogP contribution is -2.31. The van der Waals surface area contributed by atoms with Gasteiger partial charge in [0.05, 0.1) is 5.70 Å². The molecule has 0 atom stereocenters. The van der Waals surface area contributed by atoms with Gasteiger partial charge in [-0.25, -0.2) is 9.67 Å². The molecular formula is C22H30N6. The Hall–Kier alpha value is -2.21. The van der Waals surface area contributed by atoms with Gasteiger partial charge in [0.1, 0.15) is 11.5 Å². The van der Waals surface area contributed by atoms with Gasteiger partial charge in [-0.3, -0.25) is 4.99 Å². The first kappa shape index (κ1) is 17.9. The van der Waals surface area contributed by atoms with Crippen molar-refractivity contribution in [3.8, 4) is 0 Å². The predicted octanol–water partition coefficient (Wildman–Crippen LogP) is 3.53. The Morgan fingerprint density at radius 1 is 1.04 bits per heavy atom. The molecule has 0 aliphatic carbocycles. The first-order valence-corrected chi connectivity index (χ1v) is 10.9. The summed E-state index contributed by atoms with van der Waals surface area (Å²) in [6, 6.07) is 4.37. The predicted molar refractivity (Wildman–Crippen MR) is 115 cm³/mol. The molecule has 1 N–H and O–H groups in total. The van der Waals surface area contributed by atoms with Gasteiger partial charge in [-0.05, 0) is 50.9 Å². The van der Waals surface area contributed by atoms with Crippen LogP contribution in [-0.4, -0.2) is 46.7 Å². The van der Waals surface area contributed by atoms with E-state index in [1.165, 1.54) is 44.2 Å². The fourth-order valence-electron chi connectivity index (χ4n) is 4.80. The van der Waals surface area contributed by atoms with E-state index in [9.17, 15) is 0 Å². The fourth-order valence-corrected chi connectivity index (χ4v) is 4.80. The lowest BCUT2D eigenvalue weighted by molar-refractivity contribution is 0.454. The number of hydrogen-bond acceptors (Lipinski definition) is 5. The number of rotatable bonds is 3. The number of anilines is 1. The molecule has 5 rings (SSSR count). The molecule has 0 radical (unpaired) electrons. The third-order valence-corrected chi connectivity index (χ3v) is 6.42. The lowest BCUT2D eigenvalue weighted by atomic mass is 9.92. The van der Waals surface area contributed by atoms with Crippen LogP contribution in [0.3, 0.4) is 0 Å². The van der Waals surface area contributed by atoms with Crippen LogP contribution in [0, 0.1) is 5.92 Å². The third-order valence-electron chi connectivity index (χ3n) is 6.42. The van der Waals surface area contributed by atoms with Crippen LogP contribution in [0.4, 0.5) is 5.82 Å². The minimum absolute atomic E-state index is 0.623. The van der Waals surface area contributed by atoms with Crippen LogP contribution in [0.1, 0.15) is 50.6 Å². The number of aliphatic imine (C=N–C) groups is 1. The van der Waals surface area contributed by atoms with Crippen molar-refractivity contribution < 1.29 is 0 Å². The molecule has 0 amide bonds. The van der Waals surface area contributed by atoms with Crippen molar-refractivity contribution in [1.29, 1.82) is 0 Å². The molecule has 2 saturated heterocycles. The third kappa shape index (κ3) is 3.34. The first-order chi connectivity index (χ1) is 13.8. The first-order valence-electron chi connectivity index (χ1n) is 10.9. The Balaban J connectivity index is 1.43. The molecular weight excluding hydrogens is 348 g/mol. The number of hydrogen-bond donors (Lipinski definition) is 1. The zero-order chi connectivity index (χ0) is 18.9. The molecule has 0 aromatic carbocycles. The summed E-state index contributed by atoms with van der Waals surface area (Å²) in [5.74, 6) is 1.71. The molecule has 0 saturated carbocycles. The van der Waals surface area contributed by atoms with Crippen molar-refractivity contribution in [2.24, 2.45) is 18.0 Å². The molecule has 6 nitrogen and oxygen atoms in total. The highest BCUT2D eigenvalue weighted by Gasteiger charge is 2.24. The second-order valence-electron chi connectivity index (χ2n) is 8.33. The molecule has 6 heteroatoms. The van der Waals surface area contributed by atoms with E-state index in [0.717, 1.165) is 60.8 Å². The van der Waals surface area contributed by atoms with Gasteiger partial charge in [0.25, 0.3) is 0 Å². The molecule has 5 heterocycles. The Morgan fingerprint density at radius 2 is 1.82 bits per heavy atom. The topological polar surface area (TPSA) is 58.3 Å². The van der Waals surface area contributed by atoms with Gasteiger partial charge in [0, 0.05) is 43.6 Å². The van der Waals surface area contributed by atoms with E-state index in [4.69, 9.17) is 15.1 Å². The van der Waals surface area contributed by atoms with Crippen molar-refractivity contribution in [3.63, 3.8) is 0 Å². The number of pyridine rings is 1. The maximum atomic E-state index is 5.01. The monoisotopic (exact) mass is 378 g/mol. The maximum Gasteiger partial charge on any atom is 0.160 e. The van der Waals surface area contributed by atoms with Gasteiger partial charge >= 0.3 is 0 Å². The van der Waals surface area contributed by atoms with Gasteiger partial charge in [0.15, 0.2) is 5.65 Å². The molecule has 3 aliphatic rings. The van der Waals surface area contributed by atoms with Crippen molar-refractivity contribution in [2.45, 2.75) is 44.9 Å². The summed E-state index contributed by atoms with van der Waals surface area (Å²) < 4.78 is 1.92. The van der Waals surface area contributed by atoms with Crippen LogP contribution in [-0.2, 0) is 7.05 Å². The summed E-state index contributed by atoms with van der Waals surface area (Å²) in [6.45, 7) is 4.43. The molecule has 2 fully saturated rings. The van der Waals surface area contributed by atoms with Gasteiger partial charge in [-0.1, -0.05) is 18.9 Å². The number of nitrogens with zero attached hydrogens (tertiary/aromatic N) is 5. The van der Waals surface area contributed by atoms with Crippen molar-refractivity contribution in [3.05, 3.63) is 23.9 Å². The highest BCUT2D eigenvalue weighted by Crippen LogP contribution is 2.32. The summed E-state index contributed by atoms with van der Waals surface area (Å²) in [5.41, 5.74) is 4.31. The summed E-state index contributed by atoms with van der Waals surface area (Å²) in [4.78, 5) is 12.4. The zero-order valence-corrected chi connectivity index (χ0v) is 16.8. The average molecular weight is 379 g/mol. The summed E-state index contributed by atoms with van der Waals surface area (Å²) >= 11 is 0. The Labute approximate surface area is 166 Å². The maximum absolute atomic E-state index is 5.01. The van der Waals surface area contributed by atoms with Gasteiger partial charge in [-0.15, -0.1) is 0 Å². The van der Waals surface area contributed by atoms with Crippen molar-refractivity contribution >= 4 is 28.3 Å². The van der Waals surface area contributed by atoms with E-state index in [0.29, 0.717) is 5.92 Å². The van der Waals surface area contributed by atoms with E-state index >= 15 is 0 Å². The van der Waals surface area contributed by atoms with Gasteiger partial charge in [-0.2, -0.15) is 5.10 Å². The standard InChI is InChI=1S/C22H30N6/c1-27-22-17(6-9-20(25-22)28-14-4-2-3-5-15-28)21(26-27)19-8-7-18(24-19)16-10-12-23-13-11-16/h6,8-9,16,23H,2-5,7,10-15H2,1H3. The van der Waals surface area contributed by atoms with E-state index < -0.39 is 0 Å². The molecule has 148 valence electrons. The molecule has 0 spiro atoms. The Bertz CT molecular complexity index is 910. The normalized spacial score (nSPS) is 21.7. The fraction of sp³-hybridized carbons (Fsp3) is 0.591. The molecule has 2 aromatic heterocycles. The lowest BCUT2D eigenvalue weighted by Gasteiger charge is -2.22. The highest BCUT2D eigenvalue weighted by atomic mass is 15.3. The molecule has 28 heavy (non-hydrogen) atoms. The van der Waals surface area contributed by atoms with Crippen LogP contribution in [0.25, 0.3) is 16.7 Å². The largest absolute Gasteiger partial charge is 0.357 e. The van der Waals surface area contributed by atoms with Crippen molar-refractivity contribution in [2.75, 3.05) is 31.1 Å². The van der Waals surface area contributed by atoms with Gasteiger partial charge < -0.3 is 10.2 Å². The molecule has 0 bridgehead atoms. The number of nitrogens with one attached hydrogen (secondary N) is 1. The van der Waals surface area contributed by atoms with Crippen LogP contribution in [0.2, 0.25) is 0 Å². The Morgan fingerprint density at radius 3 is 2.61 bits per heavy atom. The van der Waals surface area contributed by atoms with Gasteiger partial charge in [0.2, 0.25) is 0 Å². The minimum Gasteiger partial charge on any atom is -0.357 e. The number of fused-ring (bicyclic) bond motifs is 1. The molecule has 3 aliphatic heterocycles. The number of allylic oxidation sites excluding steroid dienone is 1. The number of piperidine rings is 1. The van der Waals surface area contributed by atoms with E-state index in [2.05, 4.69) is 28.4 Å². The number of aryl methyl sites for hydroxylation is 1. The molecule has 0 unspecified atom stereocenters. The SMILES string of the molecule is Cn1nc(C2=CCC(C3CCNCC3)=N2)c2ccc(N3CCCCCC3)nc21. The summed E-state index contributed by atoms with van der Waals surface area (Å²) in [6.07, 6.45) is 10.8. The second kappa shape index (κ2) is 7.66. The molecule has 2 aromatic rings. The van der Waals surface area contributed by atoms with E-state index in [1.54, 1.807) is 0 Å². The minimum atomic E-state index is 0.623. The zero-order valence-electron chi connectivity index (χ0n) is 16.8. The van der Waals surface area contributed by atoms with E-state index in [-0.39, 0.29) is 0 Å². The summed E-state index contributed by atoms with van der Waals surface area (Å²) in [7, 11) is 2.00. The Kier molecular flexibility index (Phi) is 4.89. The van der Waals surface area contributed by atoms with Crippen LogP contribution in [0.5, 0.6) is 0 Å².